The van der Waals surface area contributed by atoms with Gasteiger partial charge in [0.1, 0.15) is 19.3 Å². The summed E-state index contributed by atoms with van der Waals surface area (Å²) >= 11 is 0. The maximum absolute atomic E-state index is 13.1. The molecule has 0 saturated carbocycles. The van der Waals surface area contributed by atoms with Crippen LogP contribution in [0.2, 0.25) is 0 Å². The van der Waals surface area contributed by atoms with Crippen LogP contribution in [0.3, 0.4) is 0 Å². The third-order valence-electron chi connectivity index (χ3n) is 19.0. The van der Waals surface area contributed by atoms with Gasteiger partial charge in [0.2, 0.25) is 0 Å². The van der Waals surface area contributed by atoms with E-state index in [1.54, 1.807) is 0 Å². The Bertz CT molecular complexity index is 1920. The Morgan fingerprint density at radius 1 is 0.270 bits per heavy atom. The lowest BCUT2D eigenvalue weighted by molar-refractivity contribution is -0.161. The Labute approximate surface area is 613 Å². The van der Waals surface area contributed by atoms with Gasteiger partial charge in [-0.15, -0.1) is 0 Å². The van der Waals surface area contributed by atoms with Crippen molar-refractivity contribution in [2.24, 2.45) is 11.8 Å². The molecule has 3 N–H and O–H groups in total. The van der Waals surface area contributed by atoms with Crippen molar-refractivity contribution in [1.29, 1.82) is 0 Å². The molecular weight excluding hydrogens is 1310 g/mol. The fraction of sp³-hybridized carbons (Fsp3) is 0.951. The zero-order chi connectivity index (χ0) is 73.5. The number of phosphoric ester groups is 2. The van der Waals surface area contributed by atoms with Gasteiger partial charge in [0.15, 0.2) is 12.2 Å². The number of esters is 4. The van der Waals surface area contributed by atoms with Crippen LogP contribution in [0, 0.1) is 11.8 Å². The number of carbonyl (C=O) groups excluding carboxylic acids is 4. The SMILES string of the molecule is CCCCCCCCCCCCCCCCCCCCCCC(=O)OC[C@H](COP(=O)(O)OC[C@@H](O)COP(=O)(O)OC[C@@H](COC(=O)CCCCCCC)OC(=O)CCCCCCCCCCCCCC(C)C)OC(=O)CCCCCCCCCCCCCCCCCCCCC(C)C. The highest BCUT2D eigenvalue weighted by Gasteiger charge is 2.30. The van der Waals surface area contributed by atoms with E-state index in [2.05, 4.69) is 41.5 Å². The van der Waals surface area contributed by atoms with E-state index < -0.39 is 97.5 Å². The Kier molecular flexibility index (Phi) is 71.2. The molecule has 0 aromatic heterocycles. The Hall–Kier alpha value is -1.94. The number of carbonyl (C=O) groups is 4. The number of hydrogen-bond acceptors (Lipinski definition) is 15. The van der Waals surface area contributed by atoms with Crippen LogP contribution in [0.15, 0.2) is 0 Å². The van der Waals surface area contributed by atoms with E-state index in [0.717, 1.165) is 108 Å². The zero-order valence-corrected chi connectivity index (χ0v) is 67.3. The summed E-state index contributed by atoms with van der Waals surface area (Å²) in [6, 6.07) is 0. The number of rotatable bonds is 80. The first kappa shape index (κ1) is 98.1. The second-order valence-corrected chi connectivity index (χ2v) is 33.0. The van der Waals surface area contributed by atoms with Gasteiger partial charge in [0, 0.05) is 25.7 Å². The second-order valence-electron chi connectivity index (χ2n) is 30.1. The maximum atomic E-state index is 13.1. The molecule has 594 valence electrons. The fourth-order valence-corrected chi connectivity index (χ4v) is 14.1. The molecule has 0 fully saturated rings. The van der Waals surface area contributed by atoms with Gasteiger partial charge in [-0.3, -0.25) is 37.3 Å². The van der Waals surface area contributed by atoms with E-state index in [4.69, 9.17) is 37.0 Å². The van der Waals surface area contributed by atoms with Crippen molar-refractivity contribution in [3.05, 3.63) is 0 Å². The molecule has 100 heavy (non-hydrogen) atoms. The molecule has 2 unspecified atom stereocenters. The van der Waals surface area contributed by atoms with Gasteiger partial charge < -0.3 is 33.8 Å². The van der Waals surface area contributed by atoms with Gasteiger partial charge in [0.05, 0.1) is 26.4 Å². The lowest BCUT2D eigenvalue weighted by atomic mass is 10.0. The predicted molar refractivity (Wildman–Crippen MR) is 409 cm³/mol. The molecule has 0 aliphatic carbocycles. The summed E-state index contributed by atoms with van der Waals surface area (Å²) in [6.45, 7) is 9.57. The van der Waals surface area contributed by atoms with Crippen molar-refractivity contribution in [3.63, 3.8) is 0 Å². The number of aliphatic hydroxyl groups excluding tert-OH is 1. The van der Waals surface area contributed by atoms with Crippen LogP contribution in [0.4, 0.5) is 0 Å². The van der Waals surface area contributed by atoms with Crippen LogP contribution in [0.5, 0.6) is 0 Å². The highest BCUT2D eigenvalue weighted by molar-refractivity contribution is 7.47. The van der Waals surface area contributed by atoms with E-state index in [1.807, 2.05) is 0 Å². The first-order valence-corrected chi connectivity index (χ1v) is 45.0. The summed E-state index contributed by atoms with van der Waals surface area (Å²) in [5, 5.41) is 10.6. The van der Waals surface area contributed by atoms with Crippen LogP contribution in [-0.4, -0.2) is 96.7 Å². The number of ether oxygens (including phenoxy) is 4. The lowest BCUT2D eigenvalue weighted by Gasteiger charge is -2.21. The van der Waals surface area contributed by atoms with Gasteiger partial charge in [-0.2, -0.15) is 0 Å². The third kappa shape index (κ3) is 74.3. The lowest BCUT2D eigenvalue weighted by Crippen LogP contribution is -2.30. The molecule has 0 aromatic carbocycles. The second kappa shape index (κ2) is 72.6. The topological polar surface area (TPSA) is 237 Å². The van der Waals surface area contributed by atoms with E-state index in [0.29, 0.717) is 25.7 Å². The molecule has 0 aliphatic rings. The molecule has 5 atom stereocenters. The van der Waals surface area contributed by atoms with E-state index in [-0.39, 0.29) is 25.7 Å². The largest absolute Gasteiger partial charge is 0.472 e. The summed E-state index contributed by atoms with van der Waals surface area (Å²) < 4.78 is 68.5. The van der Waals surface area contributed by atoms with Crippen molar-refractivity contribution in [3.8, 4) is 0 Å². The third-order valence-corrected chi connectivity index (χ3v) is 20.9. The molecular formula is C81H158O17P2. The minimum Gasteiger partial charge on any atom is -0.462 e. The Morgan fingerprint density at radius 3 is 0.680 bits per heavy atom. The molecule has 17 nitrogen and oxygen atoms in total. The van der Waals surface area contributed by atoms with Crippen LogP contribution in [0.25, 0.3) is 0 Å². The summed E-state index contributed by atoms with van der Waals surface area (Å²) in [5.74, 6) is -0.536. The van der Waals surface area contributed by atoms with Gasteiger partial charge in [-0.1, -0.05) is 375 Å². The van der Waals surface area contributed by atoms with Crippen molar-refractivity contribution in [2.75, 3.05) is 39.6 Å². The minimum absolute atomic E-state index is 0.106. The average Bonchev–Trinajstić information content (AvgIpc) is 0.944. The van der Waals surface area contributed by atoms with Gasteiger partial charge in [0.25, 0.3) is 0 Å². The molecule has 0 bridgehead atoms. The Morgan fingerprint density at radius 2 is 0.460 bits per heavy atom. The minimum atomic E-state index is -4.96. The number of phosphoric acid groups is 2. The monoisotopic (exact) mass is 1470 g/mol. The highest BCUT2D eigenvalue weighted by atomic mass is 31.2. The molecule has 0 rings (SSSR count). The molecule has 0 aromatic rings. The van der Waals surface area contributed by atoms with E-state index in [1.165, 1.54) is 238 Å². The first-order valence-electron chi connectivity index (χ1n) is 42.0. The smallest absolute Gasteiger partial charge is 0.462 e. The van der Waals surface area contributed by atoms with Gasteiger partial charge in [-0.05, 0) is 37.5 Å². The summed E-state index contributed by atoms with van der Waals surface area (Å²) in [4.78, 5) is 72.7. The highest BCUT2D eigenvalue weighted by Crippen LogP contribution is 2.45. The molecule has 0 spiro atoms. The molecule has 0 radical (unpaired) electrons. The van der Waals surface area contributed by atoms with Gasteiger partial charge >= 0.3 is 39.5 Å². The first-order chi connectivity index (χ1) is 48.4. The fourth-order valence-electron chi connectivity index (χ4n) is 12.5. The normalized spacial score (nSPS) is 13.9. The van der Waals surface area contributed by atoms with Crippen LogP contribution in [0.1, 0.15) is 427 Å². The van der Waals surface area contributed by atoms with Crippen LogP contribution in [-0.2, 0) is 65.4 Å². The van der Waals surface area contributed by atoms with E-state index >= 15 is 0 Å². The molecule has 0 saturated heterocycles. The van der Waals surface area contributed by atoms with Crippen LogP contribution >= 0.6 is 15.6 Å². The van der Waals surface area contributed by atoms with Crippen molar-refractivity contribution >= 4 is 39.5 Å². The summed E-state index contributed by atoms with van der Waals surface area (Å²) in [6.07, 6.45) is 63.1. The Balaban J connectivity index is 5.11. The quantitative estimate of drug-likeness (QED) is 0.0222. The summed E-state index contributed by atoms with van der Waals surface area (Å²) in [7, 11) is -9.91. The van der Waals surface area contributed by atoms with Crippen LogP contribution < -0.4 is 0 Å². The molecule has 19 heteroatoms. The molecule has 0 heterocycles. The average molecular weight is 1470 g/mol. The molecule has 0 aliphatic heterocycles. The number of unbranched alkanes of at least 4 members (excludes halogenated alkanes) is 50. The molecule has 0 amide bonds. The number of hydrogen-bond donors (Lipinski definition) is 3. The number of aliphatic hydroxyl groups is 1. The summed E-state index contributed by atoms with van der Waals surface area (Å²) in [5.41, 5.74) is 0. The standard InChI is InChI=1S/C81H158O17P2/c1-7-9-11-13-14-15-16-17-18-19-20-21-25-28-31-36-41-46-52-58-64-79(84)92-70-77(98-81(86)65-59-53-47-42-37-32-29-26-23-22-24-27-30-34-39-44-50-55-61-73(3)4)72-96-100(89,90)94-68-75(82)67-93-99(87,88)95-71-76(69-91-78(83)63-57-49-12-10-8-2)97-80(85)66-60-54-48-43-38-33-35-40-45-51-56-62-74(5)6/h73-77,82H,7-72H2,1-6H3,(H,87,88)(H,89,90)/t75-,76+,77+/m0/s1. The maximum Gasteiger partial charge on any atom is 0.472 e. The predicted octanol–water partition coefficient (Wildman–Crippen LogP) is 24.3. The zero-order valence-electron chi connectivity index (χ0n) is 65.5. The van der Waals surface area contributed by atoms with Gasteiger partial charge in [-0.25, -0.2) is 9.13 Å². The van der Waals surface area contributed by atoms with Crippen molar-refractivity contribution in [2.45, 2.75) is 445 Å². The van der Waals surface area contributed by atoms with E-state index in [9.17, 15) is 43.2 Å². The van der Waals surface area contributed by atoms with Crippen molar-refractivity contribution < 1.29 is 80.2 Å². The van der Waals surface area contributed by atoms with Crippen molar-refractivity contribution in [1.82, 2.24) is 0 Å².